The Hall–Kier alpha value is -0.860. The number of ether oxygens (including phenoxy) is 1. The Bertz CT molecular complexity index is 329. The summed E-state index contributed by atoms with van der Waals surface area (Å²) in [4.78, 5) is 11.4. The van der Waals surface area contributed by atoms with Crippen LogP contribution in [0.3, 0.4) is 0 Å². The topological polar surface area (TPSA) is 26.3 Å². The normalized spacial score (nSPS) is 23.8. The van der Waals surface area contributed by atoms with Gasteiger partial charge in [-0.05, 0) is 36.2 Å². The minimum atomic E-state index is -1.60. The van der Waals surface area contributed by atoms with E-state index in [1.165, 1.54) is 0 Å². The van der Waals surface area contributed by atoms with Crippen molar-refractivity contribution >= 4 is 5.97 Å². The monoisotopic (exact) mass is 242 g/mol. The second kappa shape index (κ2) is 4.79. The van der Waals surface area contributed by atoms with Gasteiger partial charge in [0.2, 0.25) is 6.17 Å². The highest BCUT2D eigenvalue weighted by atomic mass is 19.1. The first-order valence-corrected chi connectivity index (χ1v) is 6.19. The van der Waals surface area contributed by atoms with Crippen molar-refractivity contribution in [3.05, 3.63) is 11.6 Å². The van der Waals surface area contributed by atoms with Crippen LogP contribution in [0.15, 0.2) is 11.6 Å². The van der Waals surface area contributed by atoms with Crippen LogP contribution >= 0.6 is 0 Å². The first-order valence-electron chi connectivity index (χ1n) is 6.19. The summed E-state index contributed by atoms with van der Waals surface area (Å²) in [5.41, 5.74) is 0.544. The van der Waals surface area contributed by atoms with Crippen molar-refractivity contribution in [1.82, 2.24) is 0 Å². The summed E-state index contributed by atoms with van der Waals surface area (Å²) in [6.45, 7) is 10.3. The van der Waals surface area contributed by atoms with Gasteiger partial charge >= 0.3 is 5.97 Å². The van der Waals surface area contributed by atoms with E-state index in [1.807, 2.05) is 6.08 Å². The average molecular weight is 242 g/mol. The first kappa shape index (κ1) is 14.2. The molecule has 0 amide bonds. The molecule has 3 heteroatoms. The number of rotatable bonds is 3. The number of hydrogen-bond donors (Lipinski definition) is 0. The zero-order chi connectivity index (χ0) is 13.3. The lowest BCUT2D eigenvalue weighted by molar-refractivity contribution is -0.147. The molecule has 0 aromatic heterocycles. The van der Waals surface area contributed by atoms with E-state index in [4.69, 9.17) is 4.74 Å². The molecule has 17 heavy (non-hydrogen) atoms. The van der Waals surface area contributed by atoms with Crippen LogP contribution < -0.4 is 0 Å². The lowest BCUT2D eigenvalue weighted by atomic mass is 9.66. The zero-order valence-corrected chi connectivity index (χ0v) is 11.5. The minimum Gasteiger partial charge on any atom is -0.464 e. The van der Waals surface area contributed by atoms with Gasteiger partial charge in [0.15, 0.2) is 0 Å². The Labute approximate surface area is 103 Å². The molecule has 0 radical (unpaired) electrons. The molecule has 98 valence electrons. The van der Waals surface area contributed by atoms with Crippen LogP contribution in [0.2, 0.25) is 0 Å². The van der Waals surface area contributed by atoms with Crippen molar-refractivity contribution in [3.63, 3.8) is 0 Å². The quantitative estimate of drug-likeness (QED) is 0.557. The van der Waals surface area contributed by atoms with E-state index in [-0.39, 0.29) is 17.4 Å². The Morgan fingerprint density at radius 2 is 2.06 bits per heavy atom. The number of esters is 1. The third kappa shape index (κ3) is 3.83. The van der Waals surface area contributed by atoms with Gasteiger partial charge in [0, 0.05) is 0 Å². The SMILES string of the molecule is CCOC(=O)C(F)C1=CC(C)(C)CC(C)(C)C1. The second-order valence-electron chi connectivity index (χ2n) is 6.34. The molecule has 1 unspecified atom stereocenters. The van der Waals surface area contributed by atoms with Crippen molar-refractivity contribution in [2.75, 3.05) is 6.61 Å². The first-order chi connectivity index (χ1) is 7.67. The van der Waals surface area contributed by atoms with Gasteiger partial charge in [-0.1, -0.05) is 33.8 Å². The molecule has 0 aliphatic heterocycles. The molecule has 1 aliphatic carbocycles. The maximum atomic E-state index is 14.0. The molecule has 2 nitrogen and oxygen atoms in total. The fraction of sp³-hybridized carbons (Fsp3) is 0.786. The number of allylic oxidation sites excluding steroid dienone is 1. The van der Waals surface area contributed by atoms with E-state index >= 15 is 0 Å². The second-order valence-corrected chi connectivity index (χ2v) is 6.34. The van der Waals surface area contributed by atoms with Crippen LogP contribution in [0, 0.1) is 10.8 Å². The number of carbonyl (C=O) groups excluding carboxylic acids is 1. The molecule has 0 heterocycles. The molecule has 0 saturated heterocycles. The summed E-state index contributed by atoms with van der Waals surface area (Å²) < 4.78 is 18.8. The van der Waals surface area contributed by atoms with E-state index in [0.29, 0.717) is 12.0 Å². The highest BCUT2D eigenvalue weighted by Crippen LogP contribution is 2.45. The van der Waals surface area contributed by atoms with E-state index in [9.17, 15) is 9.18 Å². The average Bonchev–Trinajstić information content (AvgIpc) is 2.12. The lowest BCUT2D eigenvalue weighted by Crippen LogP contribution is -2.32. The maximum absolute atomic E-state index is 14.0. The molecule has 1 atom stereocenters. The van der Waals surface area contributed by atoms with Crippen LogP contribution in [0.4, 0.5) is 4.39 Å². The molecule has 0 spiro atoms. The van der Waals surface area contributed by atoms with Gasteiger partial charge in [0.05, 0.1) is 6.61 Å². The smallest absolute Gasteiger partial charge is 0.345 e. The Morgan fingerprint density at radius 3 is 2.53 bits per heavy atom. The van der Waals surface area contributed by atoms with Gasteiger partial charge in [-0.3, -0.25) is 0 Å². The van der Waals surface area contributed by atoms with Crippen LogP contribution in [0.1, 0.15) is 47.5 Å². The van der Waals surface area contributed by atoms with Crippen molar-refractivity contribution in [1.29, 1.82) is 0 Å². The third-order valence-electron chi connectivity index (χ3n) is 3.01. The van der Waals surface area contributed by atoms with Crippen molar-refractivity contribution in [3.8, 4) is 0 Å². The minimum absolute atomic E-state index is 0.0322. The lowest BCUT2D eigenvalue weighted by Gasteiger charge is -2.39. The van der Waals surface area contributed by atoms with E-state index in [0.717, 1.165) is 6.42 Å². The van der Waals surface area contributed by atoms with Gasteiger partial charge in [-0.15, -0.1) is 0 Å². The van der Waals surface area contributed by atoms with E-state index in [1.54, 1.807) is 6.92 Å². The largest absolute Gasteiger partial charge is 0.464 e. The van der Waals surface area contributed by atoms with Gasteiger partial charge < -0.3 is 4.74 Å². The molecule has 0 saturated carbocycles. The molecule has 0 fully saturated rings. The summed E-state index contributed by atoms with van der Waals surface area (Å²) in [5.74, 6) is -0.757. The van der Waals surface area contributed by atoms with Gasteiger partial charge in [0.25, 0.3) is 0 Å². The van der Waals surface area contributed by atoms with Gasteiger partial charge in [0.1, 0.15) is 0 Å². The predicted octanol–water partition coefficient (Wildman–Crippen LogP) is 3.66. The van der Waals surface area contributed by atoms with Crippen molar-refractivity contribution in [2.24, 2.45) is 10.8 Å². The Kier molecular flexibility index (Phi) is 4.00. The fourth-order valence-electron chi connectivity index (χ4n) is 2.98. The molecule has 0 N–H and O–H groups in total. The molecular formula is C14H23FO2. The fourth-order valence-corrected chi connectivity index (χ4v) is 2.98. The molecule has 0 aromatic carbocycles. The summed E-state index contributed by atoms with van der Waals surface area (Å²) in [7, 11) is 0. The van der Waals surface area contributed by atoms with Crippen LogP contribution in [-0.4, -0.2) is 18.7 Å². The van der Waals surface area contributed by atoms with Crippen molar-refractivity contribution in [2.45, 2.75) is 53.6 Å². The number of carbonyl (C=O) groups is 1. The molecule has 0 bridgehead atoms. The van der Waals surface area contributed by atoms with Crippen LogP contribution in [-0.2, 0) is 9.53 Å². The Balaban J connectivity index is 2.89. The Morgan fingerprint density at radius 1 is 1.47 bits per heavy atom. The summed E-state index contributed by atoms with van der Waals surface area (Å²) in [6, 6.07) is 0. The van der Waals surface area contributed by atoms with E-state index in [2.05, 4.69) is 27.7 Å². The summed E-state index contributed by atoms with van der Waals surface area (Å²) in [6.07, 6.45) is 1.92. The van der Waals surface area contributed by atoms with Crippen LogP contribution in [0.25, 0.3) is 0 Å². The number of alkyl halides is 1. The van der Waals surface area contributed by atoms with Gasteiger partial charge in [-0.2, -0.15) is 0 Å². The number of halogens is 1. The number of hydrogen-bond acceptors (Lipinski definition) is 2. The maximum Gasteiger partial charge on any atom is 0.345 e. The summed E-state index contributed by atoms with van der Waals surface area (Å²) in [5, 5.41) is 0. The zero-order valence-electron chi connectivity index (χ0n) is 11.5. The molecular weight excluding hydrogens is 219 g/mol. The summed E-state index contributed by atoms with van der Waals surface area (Å²) >= 11 is 0. The standard InChI is InChI=1S/C14H23FO2/c1-6-17-12(16)11(15)10-7-13(2,3)9-14(4,5)8-10/h7,11H,6,8-9H2,1-5H3. The van der Waals surface area contributed by atoms with Crippen molar-refractivity contribution < 1.29 is 13.9 Å². The predicted molar refractivity (Wildman–Crippen MR) is 66.4 cm³/mol. The highest BCUT2D eigenvalue weighted by Gasteiger charge is 2.37. The van der Waals surface area contributed by atoms with E-state index < -0.39 is 12.1 Å². The third-order valence-corrected chi connectivity index (χ3v) is 3.01. The molecule has 1 aliphatic rings. The van der Waals surface area contributed by atoms with Crippen LogP contribution in [0.5, 0.6) is 0 Å². The van der Waals surface area contributed by atoms with Gasteiger partial charge in [-0.25, -0.2) is 9.18 Å². The highest BCUT2D eigenvalue weighted by molar-refractivity contribution is 5.78. The molecule has 1 rings (SSSR count). The molecule has 0 aromatic rings.